The fourth-order valence-corrected chi connectivity index (χ4v) is 3.49. The number of nitrogens with zero attached hydrogens (tertiary/aromatic N) is 2. The molecule has 0 aliphatic carbocycles. The molecule has 1 aliphatic heterocycles. The Labute approximate surface area is 246 Å². The summed E-state index contributed by atoms with van der Waals surface area (Å²) in [5.41, 5.74) is 3.44. The predicted octanol–water partition coefficient (Wildman–Crippen LogP) is 5.57. The maximum atomic E-state index is 12.3. The summed E-state index contributed by atoms with van der Waals surface area (Å²) in [4.78, 5) is 32.5. The van der Waals surface area contributed by atoms with Crippen LogP contribution in [0, 0.1) is 0 Å². The number of anilines is 1. The summed E-state index contributed by atoms with van der Waals surface area (Å²) in [6, 6.07) is 15.3. The summed E-state index contributed by atoms with van der Waals surface area (Å²) in [7, 11) is 0. The molecule has 0 atom stereocenters. The molecule has 1 aliphatic rings. The second-order valence-corrected chi connectivity index (χ2v) is 8.89. The summed E-state index contributed by atoms with van der Waals surface area (Å²) in [5, 5.41) is 23.9. The third-order valence-electron chi connectivity index (χ3n) is 5.61. The monoisotopic (exact) mass is 634 g/mol. The average Bonchev–Trinajstić information content (AvgIpc) is 3.68. The molecule has 1 amide bonds. The topological polar surface area (TPSA) is 154 Å². The Balaban J connectivity index is 0.000000402. The molecule has 0 bridgehead atoms. The first-order chi connectivity index (χ1) is 20.7. The smallest absolute Gasteiger partial charge is 0.490 e. The number of halogens is 6. The lowest BCUT2D eigenvalue weighted by Crippen LogP contribution is -2.25. The summed E-state index contributed by atoms with van der Waals surface area (Å²) < 4.78 is 74.9. The van der Waals surface area contributed by atoms with E-state index in [1.807, 2.05) is 54.7 Å². The number of carboxylic acids is 2. The minimum atomic E-state index is -5.08. The first-order valence-electron chi connectivity index (χ1n) is 12.7. The van der Waals surface area contributed by atoms with E-state index in [0.29, 0.717) is 18.0 Å². The van der Waals surface area contributed by atoms with E-state index in [1.54, 1.807) is 6.20 Å². The molecule has 1 aromatic heterocycles. The number of nitrogens with one attached hydrogen (secondary N) is 2. The molecule has 44 heavy (non-hydrogen) atoms. The SMILES string of the molecule is O=C(Nc1ccc(-c2cn[nH]c2)cc1OCCN1CCCC1)OCc1ccccc1.O=C(O)C(F)(F)F.O=C(O)C(F)(F)F. The van der Waals surface area contributed by atoms with Gasteiger partial charge in [0.1, 0.15) is 19.0 Å². The highest BCUT2D eigenvalue weighted by molar-refractivity contribution is 5.87. The molecular formula is C27H28F6N4O7. The van der Waals surface area contributed by atoms with E-state index in [2.05, 4.69) is 20.4 Å². The van der Waals surface area contributed by atoms with Gasteiger partial charge >= 0.3 is 30.4 Å². The Morgan fingerprint density at radius 2 is 1.50 bits per heavy atom. The van der Waals surface area contributed by atoms with Crippen molar-refractivity contribution in [1.82, 2.24) is 15.1 Å². The van der Waals surface area contributed by atoms with Crippen LogP contribution in [0.4, 0.5) is 36.8 Å². The van der Waals surface area contributed by atoms with Crippen molar-refractivity contribution in [2.45, 2.75) is 31.8 Å². The van der Waals surface area contributed by atoms with E-state index in [1.165, 1.54) is 12.8 Å². The minimum absolute atomic E-state index is 0.213. The molecule has 3 aromatic rings. The number of amides is 1. The second-order valence-electron chi connectivity index (χ2n) is 8.89. The van der Waals surface area contributed by atoms with Crippen LogP contribution in [0.25, 0.3) is 11.1 Å². The molecule has 2 aromatic carbocycles. The zero-order valence-corrected chi connectivity index (χ0v) is 22.8. The summed E-state index contributed by atoms with van der Waals surface area (Å²) in [6.07, 6.45) is -4.61. The van der Waals surface area contributed by atoms with E-state index in [9.17, 15) is 31.1 Å². The highest BCUT2D eigenvalue weighted by atomic mass is 19.4. The number of carbonyl (C=O) groups excluding carboxylic acids is 1. The van der Waals surface area contributed by atoms with Crippen LogP contribution < -0.4 is 10.1 Å². The number of aromatic amines is 1. The maximum Gasteiger partial charge on any atom is 0.490 e. The standard InChI is InChI=1S/C23H26N4O3.2C2HF3O2/c28-23(30-17-18-6-2-1-3-7-18)26-21-9-8-19(20-15-24-25-16-20)14-22(21)29-13-12-27-10-4-5-11-27;2*3-2(4,5)1(6)7/h1-3,6-9,14-16H,4-5,10-13,17H2,(H,24,25)(H,26,28);2*(H,6,7). The van der Waals surface area contributed by atoms with Gasteiger partial charge in [-0.05, 0) is 49.2 Å². The second kappa shape index (κ2) is 16.7. The van der Waals surface area contributed by atoms with Gasteiger partial charge in [0.2, 0.25) is 0 Å². The number of rotatable bonds is 8. The number of hydrogen-bond donors (Lipinski definition) is 4. The Hall–Kier alpha value is -4.80. The quantitative estimate of drug-likeness (QED) is 0.233. The van der Waals surface area contributed by atoms with Gasteiger partial charge < -0.3 is 19.7 Å². The molecule has 0 saturated carbocycles. The number of aliphatic carboxylic acids is 2. The largest absolute Gasteiger partial charge is 0.490 e. The van der Waals surface area contributed by atoms with Gasteiger partial charge in [0, 0.05) is 18.3 Å². The average molecular weight is 635 g/mol. The van der Waals surface area contributed by atoms with Crippen molar-refractivity contribution < 1.29 is 60.4 Å². The number of carboxylic acid groups (broad SMARTS) is 2. The van der Waals surface area contributed by atoms with Crippen LogP contribution in [0.3, 0.4) is 0 Å². The highest BCUT2D eigenvalue weighted by Gasteiger charge is 2.38. The van der Waals surface area contributed by atoms with Crippen LogP contribution in [0.15, 0.2) is 60.9 Å². The predicted molar refractivity (Wildman–Crippen MR) is 143 cm³/mol. The normalized spacial score (nSPS) is 13.0. The number of likely N-dealkylation sites (tertiary alicyclic amines) is 1. The van der Waals surface area contributed by atoms with Crippen molar-refractivity contribution in [1.29, 1.82) is 0 Å². The van der Waals surface area contributed by atoms with E-state index in [0.717, 1.165) is 36.3 Å². The fraction of sp³-hybridized carbons (Fsp3) is 0.333. The van der Waals surface area contributed by atoms with Gasteiger partial charge in [0.05, 0.1) is 11.9 Å². The maximum absolute atomic E-state index is 12.3. The Morgan fingerprint density at radius 1 is 0.909 bits per heavy atom. The number of benzene rings is 2. The van der Waals surface area contributed by atoms with Gasteiger partial charge in [-0.2, -0.15) is 31.4 Å². The molecule has 4 N–H and O–H groups in total. The lowest BCUT2D eigenvalue weighted by molar-refractivity contribution is -0.193. The van der Waals surface area contributed by atoms with Gasteiger partial charge in [-0.1, -0.05) is 36.4 Å². The number of carbonyl (C=O) groups is 3. The molecule has 17 heteroatoms. The first-order valence-corrected chi connectivity index (χ1v) is 12.7. The van der Waals surface area contributed by atoms with Crippen LogP contribution in [-0.2, 0) is 20.9 Å². The summed E-state index contributed by atoms with van der Waals surface area (Å²) in [6.45, 7) is 3.88. The lowest BCUT2D eigenvalue weighted by atomic mass is 10.1. The van der Waals surface area contributed by atoms with Crippen molar-refractivity contribution in [3.63, 3.8) is 0 Å². The summed E-state index contributed by atoms with van der Waals surface area (Å²) in [5.74, 6) is -4.90. The Morgan fingerprint density at radius 3 is 2.02 bits per heavy atom. The molecule has 11 nitrogen and oxygen atoms in total. The van der Waals surface area contributed by atoms with Gasteiger partial charge in [-0.25, -0.2) is 14.4 Å². The van der Waals surface area contributed by atoms with Crippen molar-refractivity contribution in [2.24, 2.45) is 0 Å². The number of ether oxygens (including phenoxy) is 2. The highest BCUT2D eigenvalue weighted by Crippen LogP contribution is 2.31. The number of alkyl halides is 6. The van der Waals surface area contributed by atoms with Gasteiger partial charge in [0.15, 0.2) is 0 Å². The van der Waals surface area contributed by atoms with Crippen molar-refractivity contribution in [3.05, 3.63) is 66.5 Å². The van der Waals surface area contributed by atoms with Crippen LogP contribution >= 0.6 is 0 Å². The number of hydrogen-bond acceptors (Lipinski definition) is 7. The molecule has 1 saturated heterocycles. The molecule has 1 fully saturated rings. The molecule has 2 heterocycles. The van der Waals surface area contributed by atoms with Crippen LogP contribution in [0.1, 0.15) is 18.4 Å². The Bertz CT molecular complexity index is 1310. The molecular weight excluding hydrogens is 606 g/mol. The molecule has 0 radical (unpaired) electrons. The van der Waals surface area contributed by atoms with Crippen molar-refractivity contribution in [2.75, 3.05) is 31.6 Å². The van der Waals surface area contributed by atoms with Crippen LogP contribution in [-0.4, -0.2) is 81.9 Å². The van der Waals surface area contributed by atoms with Gasteiger partial charge in [0.25, 0.3) is 0 Å². The molecule has 0 spiro atoms. The summed E-state index contributed by atoms with van der Waals surface area (Å²) >= 11 is 0. The number of H-pyrrole nitrogens is 1. The van der Waals surface area contributed by atoms with Gasteiger partial charge in [-0.3, -0.25) is 15.3 Å². The van der Waals surface area contributed by atoms with E-state index < -0.39 is 30.4 Å². The van der Waals surface area contributed by atoms with E-state index in [-0.39, 0.29) is 6.61 Å². The lowest BCUT2D eigenvalue weighted by Gasteiger charge is -2.17. The third-order valence-corrected chi connectivity index (χ3v) is 5.61. The van der Waals surface area contributed by atoms with Crippen LogP contribution in [0.2, 0.25) is 0 Å². The van der Waals surface area contributed by atoms with E-state index in [4.69, 9.17) is 29.3 Å². The zero-order chi connectivity index (χ0) is 32.8. The van der Waals surface area contributed by atoms with Crippen molar-refractivity contribution in [3.8, 4) is 16.9 Å². The number of aromatic nitrogens is 2. The van der Waals surface area contributed by atoms with Gasteiger partial charge in [-0.15, -0.1) is 0 Å². The molecule has 0 unspecified atom stereocenters. The minimum Gasteiger partial charge on any atom is -0.490 e. The molecule has 4 rings (SSSR count). The van der Waals surface area contributed by atoms with E-state index >= 15 is 0 Å². The first kappa shape index (κ1) is 35.4. The fourth-order valence-electron chi connectivity index (χ4n) is 3.49. The zero-order valence-electron chi connectivity index (χ0n) is 22.8. The van der Waals surface area contributed by atoms with Crippen molar-refractivity contribution >= 4 is 23.7 Å². The molecule has 240 valence electrons. The third kappa shape index (κ3) is 13.0. The Kier molecular flexibility index (Phi) is 13.5. The van der Waals surface area contributed by atoms with Crippen LogP contribution in [0.5, 0.6) is 5.75 Å².